The fourth-order valence-electron chi connectivity index (χ4n) is 1.33. The highest BCUT2D eigenvalue weighted by atomic mass is 14.3. The van der Waals surface area contributed by atoms with Crippen LogP contribution in [0.4, 0.5) is 0 Å². The third-order valence-electron chi connectivity index (χ3n) is 2.29. The van der Waals surface area contributed by atoms with E-state index in [2.05, 4.69) is 38.1 Å². The van der Waals surface area contributed by atoms with E-state index in [0.717, 1.165) is 25.7 Å². The third-order valence-corrected chi connectivity index (χ3v) is 2.29. The van der Waals surface area contributed by atoms with Gasteiger partial charge in [0.05, 0.1) is 12.0 Å². The average Bonchev–Trinajstić information content (AvgIpc) is 2.21. The number of nitrogens with zero attached hydrogens (tertiary/aromatic N) is 1. The highest BCUT2D eigenvalue weighted by Crippen LogP contribution is 2.12. The summed E-state index contributed by atoms with van der Waals surface area (Å²) in [6.45, 7) is 6.43. The molecule has 0 saturated heterocycles. The molecule has 1 nitrogen and oxygen atoms in total. The number of rotatable bonds is 7. The molecule has 1 atom stereocenters. The molecule has 0 aromatic rings. The molecule has 0 aromatic heterocycles. The van der Waals surface area contributed by atoms with Crippen LogP contribution in [0.15, 0.2) is 24.3 Å². The predicted molar refractivity (Wildman–Crippen MR) is 66.4 cm³/mol. The second-order valence-electron chi connectivity index (χ2n) is 4.31. The van der Waals surface area contributed by atoms with Crippen molar-refractivity contribution in [3.05, 3.63) is 24.3 Å². The number of hydrogen-bond acceptors (Lipinski definition) is 1. The molecule has 0 radical (unpaired) electrons. The summed E-state index contributed by atoms with van der Waals surface area (Å²) < 4.78 is 0. The summed E-state index contributed by atoms with van der Waals surface area (Å²) in [6.07, 6.45) is 12.5. The molecule has 15 heavy (non-hydrogen) atoms. The van der Waals surface area contributed by atoms with Crippen molar-refractivity contribution >= 4 is 0 Å². The SMILES string of the molecule is C/C=C/CCC(C#N)C/C=C/CC(C)C. The summed E-state index contributed by atoms with van der Waals surface area (Å²) >= 11 is 0. The smallest absolute Gasteiger partial charge is 0.0659 e. The van der Waals surface area contributed by atoms with Crippen LogP contribution in [0.1, 0.15) is 46.5 Å². The minimum absolute atomic E-state index is 0.185. The van der Waals surface area contributed by atoms with Gasteiger partial charge in [-0.05, 0) is 38.5 Å². The van der Waals surface area contributed by atoms with Gasteiger partial charge in [-0.2, -0.15) is 5.26 Å². The Morgan fingerprint density at radius 2 is 1.80 bits per heavy atom. The third kappa shape index (κ3) is 9.28. The van der Waals surface area contributed by atoms with Gasteiger partial charge in [0, 0.05) is 0 Å². The monoisotopic (exact) mass is 205 g/mol. The van der Waals surface area contributed by atoms with Gasteiger partial charge in [-0.3, -0.25) is 0 Å². The summed E-state index contributed by atoms with van der Waals surface area (Å²) in [5, 5.41) is 8.93. The van der Waals surface area contributed by atoms with Crippen molar-refractivity contribution in [3.63, 3.8) is 0 Å². The van der Waals surface area contributed by atoms with E-state index in [1.807, 2.05) is 13.0 Å². The van der Waals surface area contributed by atoms with Gasteiger partial charge in [0.1, 0.15) is 0 Å². The molecular weight excluding hydrogens is 182 g/mol. The average molecular weight is 205 g/mol. The Hall–Kier alpha value is -1.03. The molecule has 0 aliphatic carbocycles. The molecule has 0 amide bonds. The van der Waals surface area contributed by atoms with E-state index in [1.165, 1.54) is 0 Å². The fourth-order valence-corrected chi connectivity index (χ4v) is 1.33. The first kappa shape index (κ1) is 14.0. The molecule has 0 heterocycles. The molecule has 1 unspecified atom stereocenters. The standard InChI is InChI=1S/C14H23N/c1-4-5-6-10-14(12-15)11-8-7-9-13(2)3/h4-5,7-8,13-14H,6,9-11H2,1-3H3/b5-4+,8-7+. The molecule has 0 aromatic carbocycles. The summed E-state index contributed by atoms with van der Waals surface area (Å²) in [7, 11) is 0. The van der Waals surface area contributed by atoms with E-state index >= 15 is 0 Å². The molecular formula is C14H23N. The topological polar surface area (TPSA) is 23.8 Å². The maximum absolute atomic E-state index is 8.93. The van der Waals surface area contributed by atoms with Gasteiger partial charge in [-0.1, -0.05) is 38.2 Å². The van der Waals surface area contributed by atoms with E-state index in [1.54, 1.807) is 0 Å². The number of nitriles is 1. The zero-order valence-corrected chi connectivity index (χ0v) is 10.2. The van der Waals surface area contributed by atoms with Crippen molar-refractivity contribution in [3.8, 4) is 6.07 Å². The molecule has 0 saturated carbocycles. The Morgan fingerprint density at radius 3 is 2.33 bits per heavy atom. The Morgan fingerprint density at radius 1 is 1.13 bits per heavy atom. The van der Waals surface area contributed by atoms with E-state index in [0.29, 0.717) is 5.92 Å². The molecule has 84 valence electrons. The van der Waals surface area contributed by atoms with Crippen LogP contribution in [-0.4, -0.2) is 0 Å². The van der Waals surface area contributed by atoms with Crippen molar-refractivity contribution in [2.75, 3.05) is 0 Å². The van der Waals surface area contributed by atoms with Crippen LogP contribution in [0.25, 0.3) is 0 Å². The molecule has 0 fully saturated rings. The van der Waals surface area contributed by atoms with Crippen molar-refractivity contribution in [1.82, 2.24) is 0 Å². The lowest BCUT2D eigenvalue weighted by molar-refractivity contribution is 0.614. The van der Waals surface area contributed by atoms with E-state index < -0.39 is 0 Å². The molecule has 0 spiro atoms. The number of allylic oxidation sites excluding steroid dienone is 4. The Balaban J connectivity index is 3.71. The minimum Gasteiger partial charge on any atom is -0.198 e. The van der Waals surface area contributed by atoms with Gasteiger partial charge in [0.15, 0.2) is 0 Å². The molecule has 0 rings (SSSR count). The van der Waals surface area contributed by atoms with Crippen molar-refractivity contribution < 1.29 is 0 Å². The Bertz CT molecular complexity index is 230. The van der Waals surface area contributed by atoms with Crippen LogP contribution in [0.2, 0.25) is 0 Å². The van der Waals surface area contributed by atoms with Gasteiger partial charge >= 0.3 is 0 Å². The summed E-state index contributed by atoms with van der Waals surface area (Å²) in [4.78, 5) is 0. The van der Waals surface area contributed by atoms with Gasteiger partial charge in [0.2, 0.25) is 0 Å². The fraction of sp³-hybridized carbons (Fsp3) is 0.643. The first-order valence-corrected chi connectivity index (χ1v) is 5.86. The van der Waals surface area contributed by atoms with Crippen LogP contribution in [0, 0.1) is 23.2 Å². The minimum atomic E-state index is 0.185. The van der Waals surface area contributed by atoms with Crippen LogP contribution in [0.3, 0.4) is 0 Å². The lowest BCUT2D eigenvalue weighted by atomic mass is 10.00. The van der Waals surface area contributed by atoms with Crippen LogP contribution >= 0.6 is 0 Å². The normalized spacial score (nSPS) is 13.8. The highest BCUT2D eigenvalue weighted by Gasteiger charge is 2.02. The van der Waals surface area contributed by atoms with E-state index in [9.17, 15) is 0 Å². The van der Waals surface area contributed by atoms with Crippen molar-refractivity contribution in [2.45, 2.75) is 46.5 Å². The predicted octanol–water partition coefficient (Wildman–Crippen LogP) is 4.47. The second kappa shape index (κ2) is 9.52. The molecule has 0 N–H and O–H groups in total. The van der Waals surface area contributed by atoms with E-state index in [-0.39, 0.29) is 5.92 Å². The summed E-state index contributed by atoms with van der Waals surface area (Å²) in [5.74, 6) is 0.898. The second-order valence-corrected chi connectivity index (χ2v) is 4.31. The maximum atomic E-state index is 8.93. The summed E-state index contributed by atoms with van der Waals surface area (Å²) in [6, 6.07) is 2.36. The molecule has 0 aliphatic rings. The Kier molecular flexibility index (Phi) is 8.87. The van der Waals surface area contributed by atoms with Gasteiger partial charge in [-0.25, -0.2) is 0 Å². The van der Waals surface area contributed by atoms with Crippen molar-refractivity contribution in [1.29, 1.82) is 5.26 Å². The number of hydrogen-bond donors (Lipinski definition) is 0. The quantitative estimate of drug-likeness (QED) is 0.562. The molecule has 0 aliphatic heterocycles. The van der Waals surface area contributed by atoms with E-state index in [4.69, 9.17) is 5.26 Å². The maximum Gasteiger partial charge on any atom is 0.0659 e. The molecule has 1 heteroatoms. The van der Waals surface area contributed by atoms with Crippen molar-refractivity contribution in [2.24, 2.45) is 11.8 Å². The first-order valence-electron chi connectivity index (χ1n) is 5.86. The lowest BCUT2D eigenvalue weighted by Crippen LogP contribution is -1.94. The molecule has 0 bridgehead atoms. The van der Waals surface area contributed by atoms with Gasteiger partial charge in [-0.15, -0.1) is 0 Å². The Labute approximate surface area is 94.5 Å². The zero-order chi connectivity index (χ0) is 11.5. The van der Waals surface area contributed by atoms with Gasteiger partial charge < -0.3 is 0 Å². The summed E-state index contributed by atoms with van der Waals surface area (Å²) in [5.41, 5.74) is 0. The lowest BCUT2D eigenvalue weighted by Gasteiger charge is -2.03. The zero-order valence-electron chi connectivity index (χ0n) is 10.2. The van der Waals surface area contributed by atoms with Crippen LogP contribution in [0.5, 0.6) is 0 Å². The highest BCUT2D eigenvalue weighted by molar-refractivity contribution is 4.93. The van der Waals surface area contributed by atoms with Gasteiger partial charge in [0.25, 0.3) is 0 Å². The van der Waals surface area contributed by atoms with Crippen LogP contribution in [-0.2, 0) is 0 Å². The van der Waals surface area contributed by atoms with Crippen LogP contribution < -0.4 is 0 Å². The largest absolute Gasteiger partial charge is 0.198 e. The first-order chi connectivity index (χ1) is 7.20.